The lowest BCUT2D eigenvalue weighted by Gasteiger charge is -2.33. The van der Waals surface area contributed by atoms with Crippen molar-refractivity contribution in [3.63, 3.8) is 0 Å². The van der Waals surface area contributed by atoms with Crippen molar-refractivity contribution in [3.8, 4) is 5.69 Å². The average molecular weight is 577 g/mol. The maximum Gasteiger partial charge on any atom is 0.418 e. The summed E-state index contributed by atoms with van der Waals surface area (Å²) in [5.74, 6) is 0.899. The van der Waals surface area contributed by atoms with Crippen LogP contribution in [0.15, 0.2) is 53.8 Å². The van der Waals surface area contributed by atoms with Crippen LogP contribution in [-0.2, 0) is 29.8 Å². The number of halogens is 3. The molecule has 214 valence electrons. The van der Waals surface area contributed by atoms with Crippen LogP contribution in [0.5, 0.6) is 0 Å². The lowest BCUT2D eigenvalue weighted by Crippen LogP contribution is -2.32. The summed E-state index contributed by atoms with van der Waals surface area (Å²) in [7, 11) is -1.78. The molecule has 1 aromatic carbocycles. The molecule has 0 amide bonds. The number of fused-ring (bicyclic) bond motifs is 1. The minimum atomic E-state index is -4.76. The van der Waals surface area contributed by atoms with E-state index in [1.807, 2.05) is 23.7 Å². The molecule has 40 heavy (non-hydrogen) atoms. The summed E-state index contributed by atoms with van der Waals surface area (Å²) < 4.78 is 72.5. The Bertz CT molecular complexity index is 1700. The number of sulfonamides is 1. The highest BCUT2D eigenvalue weighted by atomic mass is 32.2. The predicted molar refractivity (Wildman–Crippen MR) is 144 cm³/mol. The van der Waals surface area contributed by atoms with Gasteiger partial charge in [-0.25, -0.2) is 13.2 Å². The first-order chi connectivity index (χ1) is 18.9. The number of nitrogens with zero attached hydrogens (tertiary/aromatic N) is 6. The Hall–Kier alpha value is -3.45. The third-order valence-corrected chi connectivity index (χ3v) is 9.66. The topological polar surface area (TPSA) is 94.5 Å². The van der Waals surface area contributed by atoms with Gasteiger partial charge in [0.1, 0.15) is 12.2 Å². The maximum absolute atomic E-state index is 14.2. The van der Waals surface area contributed by atoms with Gasteiger partial charge in [0, 0.05) is 38.4 Å². The summed E-state index contributed by atoms with van der Waals surface area (Å²) in [6, 6.07) is 8.14. The van der Waals surface area contributed by atoms with Crippen LogP contribution < -0.4 is 5.69 Å². The molecule has 3 heterocycles. The normalized spacial score (nSPS) is 15.6. The summed E-state index contributed by atoms with van der Waals surface area (Å²) in [4.78, 5) is 13.5. The fourth-order valence-electron chi connectivity index (χ4n) is 5.38. The number of imidazole rings is 1. The van der Waals surface area contributed by atoms with E-state index in [1.54, 1.807) is 25.4 Å². The molecule has 5 rings (SSSR count). The van der Waals surface area contributed by atoms with E-state index < -0.39 is 27.5 Å². The zero-order valence-corrected chi connectivity index (χ0v) is 23.3. The molecule has 1 fully saturated rings. The van der Waals surface area contributed by atoms with Crippen molar-refractivity contribution in [1.29, 1.82) is 0 Å². The lowest BCUT2D eigenvalue weighted by atomic mass is 9.72. The van der Waals surface area contributed by atoms with Gasteiger partial charge in [-0.3, -0.25) is 8.97 Å². The van der Waals surface area contributed by atoms with E-state index in [0.29, 0.717) is 11.6 Å². The summed E-state index contributed by atoms with van der Waals surface area (Å²) >= 11 is 0. The first-order valence-electron chi connectivity index (χ1n) is 13.2. The minimum Gasteiger partial charge on any atom is -0.320 e. The summed E-state index contributed by atoms with van der Waals surface area (Å²) in [6.45, 7) is 2.90. The van der Waals surface area contributed by atoms with E-state index in [4.69, 9.17) is 0 Å². The van der Waals surface area contributed by atoms with E-state index in [0.717, 1.165) is 45.4 Å². The first-order valence-corrected chi connectivity index (χ1v) is 14.8. The molecule has 0 aliphatic heterocycles. The molecule has 1 atom stereocenters. The Morgan fingerprint density at radius 2 is 1.90 bits per heavy atom. The molecule has 0 N–H and O–H groups in total. The van der Waals surface area contributed by atoms with Crippen LogP contribution in [0.2, 0.25) is 0 Å². The summed E-state index contributed by atoms with van der Waals surface area (Å²) in [6.07, 6.45) is 2.52. The van der Waals surface area contributed by atoms with Crippen LogP contribution in [0.25, 0.3) is 11.2 Å². The fourth-order valence-corrected chi connectivity index (χ4v) is 6.49. The van der Waals surface area contributed by atoms with Crippen LogP contribution in [0.3, 0.4) is 0 Å². The number of benzene rings is 1. The molecule has 0 spiro atoms. The molecule has 1 aliphatic carbocycles. The van der Waals surface area contributed by atoms with Gasteiger partial charge in [-0.2, -0.15) is 17.5 Å². The van der Waals surface area contributed by atoms with Crippen LogP contribution in [0, 0.1) is 5.92 Å². The number of alkyl halides is 3. The van der Waals surface area contributed by atoms with Gasteiger partial charge < -0.3 is 4.57 Å². The van der Waals surface area contributed by atoms with Crippen molar-refractivity contribution >= 4 is 15.5 Å². The van der Waals surface area contributed by atoms with Crippen LogP contribution in [-0.4, -0.2) is 48.8 Å². The van der Waals surface area contributed by atoms with Crippen molar-refractivity contribution in [3.05, 3.63) is 82.1 Å². The standard InChI is InChI=1S/C27H31F3N6O3S/c1-4-34(40(38,39)5-2)14-18-12-22(27(28,29)30)23-16-35(26(37)36(23)15-18)21-11-7-10-20(13-21)24(19-8-6-9-19)25-32-31-17-33(25)3/h7,10-13,15-17,19,24H,4-6,8-9,14H2,1-3H3/t24-/m1/s1. The van der Waals surface area contributed by atoms with Gasteiger partial charge in [0.05, 0.1) is 22.5 Å². The Balaban J connectivity index is 1.62. The SMILES string of the molecule is CCN(Cc1cc(C(F)(F)F)c2cn(-c3cccc([C@H](c4nncn4C)C4CCC4)c3)c(=O)n2c1)S(=O)(=O)CC. The number of aryl methyl sites for hydroxylation is 1. The highest BCUT2D eigenvalue weighted by molar-refractivity contribution is 7.89. The van der Waals surface area contributed by atoms with Crippen molar-refractivity contribution in [2.24, 2.45) is 13.0 Å². The Morgan fingerprint density at radius 1 is 1.15 bits per heavy atom. The second kappa shape index (κ2) is 10.5. The number of rotatable bonds is 9. The van der Waals surface area contributed by atoms with E-state index in [9.17, 15) is 26.4 Å². The maximum atomic E-state index is 14.2. The molecule has 0 bridgehead atoms. The van der Waals surface area contributed by atoms with Crippen molar-refractivity contribution in [2.45, 2.75) is 51.7 Å². The van der Waals surface area contributed by atoms with Gasteiger partial charge in [0.25, 0.3) is 0 Å². The molecule has 13 heteroatoms. The number of pyridine rings is 1. The molecule has 4 aromatic rings. The molecule has 9 nitrogen and oxygen atoms in total. The molecule has 3 aromatic heterocycles. The number of aromatic nitrogens is 5. The molecule has 1 saturated carbocycles. The zero-order valence-electron chi connectivity index (χ0n) is 22.5. The predicted octanol–water partition coefficient (Wildman–Crippen LogP) is 4.34. The summed E-state index contributed by atoms with van der Waals surface area (Å²) in [5.41, 5.74) is -0.596. The van der Waals surface area contributed by atoms with E-state index >= 15 is 0 Å². The van der Waals surface area contributed by atoms with Gasteiger partial charge in [0.2, 0.25) is 10.0 Å². The highest BCUT2D eigenvalue weighted by Crippen LogP contribution is 2.43. The lowest BCUT2D eigenvalue weighted by molar-refractivity contribution is -0.136. The van der Waals surface area contributed by atoms with Gasteiger partial charge in [-0.1, -0.05) is 25.5 Å². The van der Waals surface area contributed by atoms with Gasteiger partial charge in [0.15, 0.2) is 0 Å². The largest absolute Gasteiger partial charge is 0.418 e. The Morgan fingerprint density at radius 3 is 2.48 bits per heavy atom. The van der Waals surface area contributed by atoms with Crippen molar-refractivity contribution in [2.75, 3.05) is 12.3 Å². The van der Waals surface area contributed by atoms with E-state index in [1.165, 1.54) is 23.9 Å². The third-order valence-electron chi connectivity index (χ3n) is 7.75. The third kappa shape index (κ3) is 5.07. The highest BCUT2D eigenvalue weighted by Gasteiger charge is 2.36. The van der Waals surface area contributed by atoms with Gasteiger partial charge in [-0.15, -0.1) is 10.2 Å². The molecule has 0 unspecified atom stereocenters. The van der Waals surface area contributed by atoms with E-state index in [2.05, 4.69) is 10.2 Å². The minimum absolute atomic E-state index is 0.0631. The summed E-state index contributed by atoms with van der Waals surface area (Å²) in [5, 5.41) is 8.35. The molecular formula is C27H31F3N6O3S. The van der Waals surface area contributed by atoms with Gasteiger partial charge >= 0.3 is 11.9 Å². The second-order valence-electron chi connectivity index (χ2n) is 10.2. The fraction of sp³-hybridized carbons (Fsp3) is 0.444. The molecule has 1 aliphatic rings. The van der Waals surface area contributed by atoms with Crippen LogP contribution >= 0.6 is 0 Å². The van der Waals surface area contributed by atoms with Crippen LogP contribution in [0.1, 0.15) is 61.5 Å². The van der Waals surface area contributed by atoms with Crippen molar-refractivity contribution in [1.82, 2.24) is 28.0 Å². The average Bonchev–Trinajstić information content (AvgIpc) is 3.46. The number of hydrogen-bond donors (Lipinski definition) is 0. The molecular weight excluding hydrogens is 545 g/mol. The number of hydrogen-bond acceptors (Lipinski definition) is 5. The van der Waals surface area contributed by atoms with Crippen LogP contribution in [0.4, 0.5) is 13.2 Å². The quantitative estimate of drug-likeness (QED) is 0.296. The molecule has 0 saturated heterocycles. The first kappa shape index (κ1) is 28.1. The monoisotopic (exact) mass is 576 g/mol. The second-order valence-corrected chi connectivity index (χ2v) is 12.4. The van der Waals surface area contributed by atoms with E-state index in [-0.39, 0.29) is 35.8 Å². The Kier molecular flexibility index (Phi) is 7.38. The molecule has 0 radical (unpaired) electrons. The van der Waals surface area contributed by atoms with Gasteiger partial charge in [-0.05, 0) is 55.0 Å². The zero-order chi connectivity index (χ0) is 28.8. The Labute approximate surface area is 229 Å². The smallest absolute Gasteiger partial charge is 0.320 e. The van der Waals surface area contributed by atoms with Crippen molar-refractivity contribution < 1.29 is 21.6 Å².